The first-order valence-electron chi connectivity index (χ1n) is 8.55. The summed E-state index contributed by atoms with van der Waals surface area (Å²) in [5, 5.41) is 1.76. The number of hydrogen-bond donors (Lipinski definition) is 0. The first-order valence-corrected chi connectivity index (χ1v) is 8.55. The van der Waals surface area contributed by atoms with Gasteiger partial charge in [-0.3, -0.25) is 14.4 Å². The van der Waals surface area contributed by atoms with Crippen molar-refractivity contribution in [2.75, 3.05) is 0 Å². The Labute approximate surface area is 146 Å². The number of hydrogen-bond acceptors (Lipinski definition) is 4. The summed E-state index contributed by atoms with van der Waals surface area (Å²) in [6.07, 6.45) is 0.903. The van der Waals surface area contributed by atoms with Gasteiger partial charge in [-0.25, -0.2) is 0 Å². The summed E-state index contributed by atoms with van der Waals surface area (Å²) in [5.41, 5.74) is -2.92. The van der Waals surface area contributed by atoms with Crippen LogP contribution in [0.2, 0.25) is 0 Å². The molecule has 2 atom stereocenters. The molecule has 128 valence electrons. The van der Waals surface area contributed by atoms with Crippen molar-refractivity contribution < 1.29 is 19.1 Å². The summed E-state index contributed by atoms with van der Waals surface area (Å²) in [4.78, 5) is 38.4. The zero-order valence-corrected chi connectivity index (χ0v) is 14.6. The predicted molar refractivity (Wildman–Crippen MR) is 93.2 cm³/mol. The third kappa shape index (κ3) is 1.69. The van der Waals surface area contributed by atoms with Crippen molar-refractivity contribution in [3.63, 3.8) is 0 Å². The van der Waals surface area contributed by atoms with Gasteiger partial charge in [-0.1, -0.05) is 57.2 Å². The Bertz CT molecular complexity index is 937. The normalized spacial score (nSPS) is 30.0. The van der Waals surface area contributed by atoms with Crippen LogP contribution in [-0.2, 0) is 14.4 Å². The molecule has 0 aliphatic heterocycles. The fourth-order valence-electron chi connectivity index (χ4n) is 4.69. The molecule has 4 rings (SSSR count). The van der Waals surface area contributed by atoms with E-state index < -0.39 is 33.8 Å². The summed E-state index contributed by atoms with van der Waals surface area (Å²) in [6.45, 7) is 5.48. The molecule has 2 aliphatic rings. The SMILES string of the molecule is CC1(C)[C@]2(C(=O)Oc3cccc4ccccc34)CC[C@@]1(C)C(=O)C2=O. The second-order valence-electron chi connectivity index (χ2n) is 7.89. The zero-order chi connectivity index (χ0) is 18.0. The molecular weight excluding hydrogens is 316 g/mol. The molecule has 2 bridgehead atoms. The van der Waals surface area contributed by atoms with Gasteiger partial charge in [0.05, 0.1) is 0 Å². The molecule has 0 saturated heterocycles. The molecule has 0 aromatic heterocycles. The first kappa shape index (κ1) is 16.0. The van der Waals surface area contributed by atoms with Gasteiger partial charge in [-0.05, 0) is 24.3 Å². The van der Waals surface area contributed by atoms with E-state index in [0.29, 0.717) is 18.6 Å². The molecule has 2 saturated carbocycles. The number of ether oxygens (including phenoxy) is 1. The summed E-state index contributed by atoms with van der Waals surface area (Å²) in [7, 11) is 0. The van der Waals surface area contributed by atoms with Crippen molar-refractivity contribution in [1.29, 1.82) is 0 Å². The maximum Gasteiger partial charge on any atom is 0.326 e. The highest BCUT2D eigenvalue weighted by atomic mass is 16.5. The van der Waals surface area contributed by atoms with Gasteiger partial charge in [0.15, 0.2) is 0 Å². The standard InChI is InChI=1S/C21H20O4/c1-19(2)20(3)11-12-21(19,17(23)16(20)22)18(24)25-15-10-6-8-13-7-4-5-9-14(13)15/h4-10H,11-12H2,1-3H3/t20-,21+/m0/s1. The van der Waals surface area contributed by atoms with E-state index in [2.05, 4.69) is 0 Å². The molecule has 2 aromatic rings. The van der Waals surface area contributed by atoms with Crippen LogP contribution in [0.5, 0.6) is 5.75 Å². The minimum absolute atomic E-state index is 0.366. The van der Waals surface area contributed by atoms with Crippen molar-refractivity contribution >= 4 is 28.3 Å². The van der Waals surface area contributed by atoms with Crippen LogP contribution in [0.25, 0.3) is 10.8 Å². The Kier molecular flexibility index (Phi) is 3.06. The third-order valence-corrected chi connectivity index (χ3v) is 6.84. The van der Waals surface area contributed by atoms with Gasteiger partial charge in [0.25, 0.3) is 0 Å². The topological polar surface area (TPSA) is 60.4 Å². The largest absolute Gasteiger partial charge is 0.425 e. The van der Waals surface area contributed by atoms with E-state index in [1.165, 1.54) is 0 Å². The van der Waals surface area contributed by atoms with Crippen molar-refractivity contribution in [3.8, 4) is 5.75 Å². The zero-order valence-electron chi connectivity index (χ0n) is 14.6. The number of carbonyl (C=O) groups excluding carboxylic acids is 3. The van der Waals surface area contributed by atoms with Gasteiger partial charge in [0.1, 0.15) is 11.2 Å². The number of benzene rings is 2. The summed E-state index contributed by atoms with van der Waals surface area (Å²) < 4.78 is 5.72. The van der Waals surface area contributed by atoms with Gasteiger partial charge in [0.2, 0.25) is 11.6 Å². The van der Waals surface area contributed by atoms with Crippen LogP contribution in [0.4, 0.5) is 0 Å². The highest BCUT2D eigenvalue weighted by Gasteiger charge is 2.78. The van der Waals surface area contributed by atoms with E-state index in [0.717, 1.165) is 10.8 Å². The van der Waals surface area contributed by atoms with E-state index in [-0.39, 0.29) is 0 Å². The number of rotatable bonds is 2. The molecule has 4 nitrogen and oxygen atoms in total. The van der Waals surface area contributed by atoms with Gasteiger partial charge in [-0.2, -0.15) is 0 Å². The van der Waals surface area contributed by atoms with Gasteiger partial charge < -0.3 is 4.74 Å². The molecule has 4 heteroatoms. The molecule has 0 spiro atoms. The van der Waals surface area contributed by atoms with Crippen LogP contribution >= 0.6 is 0 Å². The van der Waals surface area contributed by atoms with E-state index >= 15 is 0 Å². The lowest BCUT2D eigenvalue weighted by Crippen LogP contribution is -2.47. The second-order valence-corrected chi connectivity index (χ2v) is 7.89. The van der Waals surface area contributed by atoms with Crippen LogP contribution < -0.4 is 4.74 Å². The molecule has 2 aromatic carbocycles. The quantitative estimate of drug-likeness (QED) is 0.363. The Balaban J connectivity index is 1.79. The Morgan fingerprint density at radius 3 is 2.28 bits per heavy atom. The van der Waals surface area contributed by atoms with E-state index in [1.807, 2.05) is 50.2 Å². The van der Waals surface area contributed by atoms with Gasteiger partial charge >= 0.3 is 5.97 Å². The molecule has 2 fully saturated rings. The second kappa shape index (κ2) is 4.78. The Morgan fingerprint density at radius 1 is 0.920 bits per heavy atom. The highest BCUT2D eigenvalue weighted by molar-refractivity contribution is 6.48. The fraction of sp³-hybridized carbons (Fsp3) is 0.381. The van der Waals surface area contributed by atoms with Gasteiger partial charge in [-0.15, -0.1) is 0 Å². The van der Waals surface area contributed by atoms with E-state index in [9.17, 15) is 14.4 Å². The first-order chi connectivity index (χ1) is 11.8. The molecule has 25 heavy (non-hydrogen) atoms. The molecule has 2 aliphatic carbocycles. The van der Waals surface area contributed by atoms with Crippen molar-refractivity contribution in [1.82, 2.24) is 0 Å². The van der Waals surface area contributed by atoms with Gasteiger partial charge in [0, 0.05) is 16.2 Å². The molecule has 0 amide bonds. The molecule has 0 unspecified atom stereocenters. The lowest BCUT2D eigenvalue weighted by Gasteiger charge is -2.36. The molecular formula is C21H20O4. The monoisotopic (exact) mass is 336 g/mol. The minimum Gasteiger partial charge on any atom is -0.425 e. The number of Topliss-reactive ketones (excluding diaryl/α,β-unsaturated/α-hetero) is 2. The highest BCUT2D eigenvalue weighted by Crippen LogP contribution is 2.69. The number of carbonyl (C=O) groups is 3. The van der Waals surface area contributed by atoms with Crippen molar-refractivity contribution in [3.05, 3.63) is 42.5 Å². The van der Waals surface area contributed by atoms with Crippen LogP contribution in [0.15, 0.2) is 42.5 Å². The maximum absolute atomic E-state index is 13.2. The lowest BCUT2D eigenvalue weighted by atomic mass is 9.65. The average Bonchev–Trinajstić information content (AvgIpc) is 2.87. The van der Waals surface area contributed by atoms with Crippen LogP contribution in [0.3, 0.4) is 0 Å². The number of ketones is 2. The van der Waals surface area contributed by atoms with Crippen molar-refractivity contribution in [2.24, 2.45) is 16.2 Å². The smallest absolute Gasteiger partial charge is 0.326 e. The van der Waals surface area contributed by atoms with Crippen LogP contribution in [0.1, 0.15) is 33.6 Å². The maximum atomic E-state index is 13.2. The third-order valence-electron chi connectivity index (χ3n) is 6.84. The summed E-state index contributed by atoms with van der Waals surface area (Å²) in [5.74, 6) is -1.20. The lowest BCUT2D eigenvalue weighted by molar-refractivity contribution is -0.157. The summed E-state index contributed by atoms with van der Waals surface area (Å²) >= 11 is 0. The van der Waals surface area contributed by atoms with E-state index in [4.69, 9.17) is 4.74 Å². The summed E-state index contributed by atoms with van der Waals surface area (Å²) in [6, 6.07) is 13.1. The van der Waals surface area contributed by atoms with Crippen LogP contribution in [0, 0.1) is 16.2 Å². The number of esters is 1. The Hall–Kier alpha value is -2.49. The Morgan fingerprint density at radius 2 is 1.60 bits per heavy atom. The number of fused-ring (bicyclic) bond motifs is 3. The molecule has 0 N–H and O–H groups in total. The minimum atomic E-state index is -1.38. The van der Waals surface area contributed by atoms with E-state index in [1.54, 1.807) is 13.0 Å². The fourth-order valence-corrected chi connectivity index (χ4v) is 4.69. The molecule has 0 heterocycles. The van der Waals surface area contributed by atoms with Crippen LogP contribution in [-0.4, -0.2) is 17.5 Å². The van der Waals surface area contributed by atoms with Crippen molar-refractivity contribution in [2.45, 2.75) is 33.6 Å². The average molecular weight is 336 g/mol. The molecule has 0 radical (unpaired) electrons. The predicted octanol–water partition coefficient (Wildman–Crippen LogP) is 3.71.